The second-order valence-corrected chi connectivity index (χ2v) is 11.9. The summed E-state index contributed by atoms with van der Waals surface area (Å²) in [5, 5.41) is 8.93. The summed E-state index contributed by atoms with van der Waals surface area (Å²) in [6.45, 7) is 2.66. The maximum absolute atomic E-state index is 15.5. The summed E-state index contributed by atoms with van der Waals surface area (Å²) in [6.07, 6.45) is 5.66. The van der Waals surface area contributed by atoms with Crippen LogP contribution in [-0.2, 0) is 21.8 Å². The monoisotopic (exact) mass is 574 g/mol. The second-order valence-electron chi connectivity index (χ2n) is 9.52. The van der Waals surface area contributed by atoms with Gasteiger partial charge in [-0.3, -0.25) is 4.68 Å². The molecule has 1 atom stereocenters. The summed E-state index contributed by atoms with van der Waals surface area (Å²) < 4.78 is 47.8. The van der Waals surface area contributed by atoms with E-state index in [1.165, 1.54) is 23.7 Å². The smallest absolute Gasteiger partial charge is 0.211 e. The van der Waals surface area contributed by atoms with E-state index in [4.69, 9.17) is 16.3 Å². The Morgan fingerprint density at radius 2 is 1.97 bits per heavy atom. The van der Waals surface area contributed by atoms with Crippen LogP contribution in [0.5, 0.6) is 0 Å². The number of hydrogen-bond donors (Lipinski definition) is 1. The standard InChI is InChI=1S/C25H28ClFN8O3S/c1-14(38-4)23-16-8-22(30-21-6-7-28-25(31-21)18-13-33(2)32-24(18)26)29-10-17(16)20(9-19(23)27)35-11-15(12-35)34(3)39(5,36)37/h6-10,13-15H,11-12H2,1-5H3,(H,28,29,30,31)/t14-/m1/s1. The first-order valence-electron chi connectivity index (χ1n) is 12.1. The Labute approximate surface area is 230 Å². The molecular formula is C25H28ClFN8O3S. The molecular weight excluding hydrogens is 547 g/mol. The summed E-state index contributed by atoms with van der Waals surface area (Å²) in [7, 11) is 1.51. The fraction of sp³-hybridized carbons (Fsp3) is 0.360. The van der Waals surface area contributed by atoms with Crippen LogP contribution >= 0.6 is 11.6 Å². The molecule has 0 saturated carbocycles. The van der Waals surface area contributed by atoms with Crippen LogP contribution in [0.2, 0.25) is 5.15 Å². The lowest BCUT2D eigenvalue weighted by molar-refractivity contribution is 0.117. The summed E-state index contributed by atoms with van der Waals surface area (Å²) >= 11 is 6.21. The van der Waals surface area contributed by atoms with Crippen molar-refractivity contribution >= 4 is 49.7 Å². The summed E-state index contributed by atoms with van der Waals surface area (Å²) in [4.78, 5) is 15.3. The van der Waals surface area contributed by atoms with Crippen LogP contribution in [-0.4, -0.2) is 77.0 Å². The highest BCUT2D eigenvalue weighted by Crippen LogP contribution is 2.38. The summed E-state index contributed by atoms with van der Waals surface area (Å²) in [5.41, 5.74) is 1.63. The number of aryl methyl sites for hydroxylation is 1. The van der Waals surface area contributed by atoms with Crippen molar-refractivity contribution in [2.75, 3.05) is 43.7 Å². The van der Waals surface area contributed by atoms with E-state index in [0.29, 0.717) is 52.8 Å². The van der Waals surface area contributed by atoms with E-state index >= 15 is 4.39 Å². The number of benzene rings is 1. The third-order valence-corrected chi connectivity index (χ3v) is 8.55. The second kappa shape index (κ2) is 10.3. The molecule has 5 rings (SSSR count). The number of ether oxygens (including phenoxy) is 1. The minimum atomic E-state index is -3.32. The van der Waals surface area contributed by atoms with E-state index in [-0.39, 0.29) is 11.2 Å². The minimum Gasteiger partial charge on any atom is -0.377 e. The van der Waals surface area contributed by atoms with Crippen molar-refractivity contribution in [3.05, 3.63) is 53.3 Å². The first-order chi connectivity index (χ1) is 18.5. The number of anilines is 3. The lowest BCUT2D eigenvalue weighted by atomic mass is 9.97. The van der Waals surface area contributed by atoms with Gasteiger partial charge in [0.1, 0.15) is 17.5 Å². The lowest BCUT2D eigenvalue weighted by Gasteiger charge is -2.45. The SMILES string of the molecule is CO[C@H](C)c1c(F)cc(N2CC(N(C)S(C)(=O)=O)C2)c2cnc(Nc3ccnc(-c4cn(C)nc4Cl)n3)cc12. The number of likely N-dealkylation sites (N-methyl/N-ethyl adjacent to an activating group) is 1. The first kappa shape index (κ1) is 27.2. The van der Waals surface area contributed by atoms with E-state index in [1.54, 1.807) is 56.4 Å². The van der Waals surface area contributed by atoms with Crippen LogP contribution in [0.25, 0.3) is 22.2 Å². The van der Waals surface area contributed by atoms with Gasteiger partial charge >= 0.3 is 0 Å². The van der Waals surface area contributed by atoms with Crippen molar-refractivity contribution in [2.45, 2.75) is 19.1 Å². The molecule has 0 radical (unpaired) electrons. The molecule has 0 aliphatic carbocycles. The molecule has 0 unspecified atom stereocenters. The van der Waals surface area contributed by atoms with Crippen LogP contribution < -0.4 is 10.2 Å². The predicted molar refractivity (Wildman–Crippen MR) is 148 cm³/mol. The van der Waals surface area contributed by atoms with Gasteiger partial charge in [-0.25, -0.2) is 27.8 Å². The van der Waals surface area contributed by atoms with E-state index in [0.717, 1.165) is 5.39 Å². The van der Waals surface area contributed by atoms with Gasteiger partial charge in [0, 0.05) is 69.5 Å². The van der Waals surface area contributed by atoms with E-state index in [1.807, 2.05) is 4.90 Å². The van der Waals surface area contributed by atoms with Gasteiger partial charge < -0.3 is 15.0 Å². The van der Waals surface area contributed by atoms with Crippen molar-refractivity contribution in [3.8, 4) is 11.4 Å². The highest BCUT2D eigenvalue weighted by atomic mass is 35.5. The van der Waals surface area contributed by atoms with Gasteiger partial charge in [-0.05, 0) is 30.5 Å². The molecule has 206 valence electrons. The molecule has 1 saturated heterocycles. The quantitative estimate of drug-likeness (QED) is 0.335. The van der Waals surface area contributed by atoms with Crippen molar-refractivity contribution in [3.63, 3.8) is 0 Å². The first-order valence-corrected chi connectivity index (χ1v) is 14.3. The van der Waals surface area contributed by atoms with Gasteiger partial charge in [0.05, 0.1) is 24.0 Å². The Hall–Kier alpha value is -3.39. The van der Waals surface area contributed by atoms with E-state index in [2.05, 4.69) is 25.4 Å². The van der Waals surface area contributed by atoms with Gasteiger partial charge in [-0.1, -0.05) is 11.6 Å². The van der Waals surface area contributed by atoms with Crippen LogP contribution in [0, 0.1) is 5.82 Å². The third-order valence-electron chi connectivity index (χ3n) is 6.93. The molecule has 1 fully saturated rings. The zero-order valence-electron chi connectivity index (χ0n) is 22.1. The molecule has 14 heteroatoms. The average Bonchev–Trinajstić information content (AvgIpc) is 3.20. The lowest BCUT2D eigenvalue weighted by Crippen LogP contribution is -2.59. The van der Waals surface area contributed by atoms with E-state index < -0.39 is 21.9 Å². The number of nitrogens with one attached hydrogen (secondary N) is 1. The summed E-state index contributed by atoms with van der Waals surface area (Å²) in [5.74, 6) is 0.898. The fourth-order valence-electron chi connectivity index (χ4n) is 4.60. The number of hydrogen-bond acceptors (Lipinski definition) is 9. The third kappa shape index (κ3) is 5.26. The zero-order chi connectivity index (χ0) is 28.1. The van der Waals surface area contributed by atoms with Crippen molar-refractivity contribution in [1.82, 2.24) is 29.0 Å². The van der Waals surface area contributed by atoms with Gasteiger partial charge in [0.2, 0.25) is 10.0 Å². The Balaban J connectivity index is 1.50. The van der Waals surface area contributed by atoms with Crippen molar-refractivity contribution in [2.24, 2.45) is 7.05 Å². The van der Waals surface area contributed by atoms with E-state index in [9.17, 15) is 8.42 Å². The van der Waals surface area contributed by atoms with Gasteiger partial charge in [0.15, 0.2) is 11.0 Å². The molecule has 4 heterocycles. The minimum absolute atomic E-state index is 0.190. The van der Waals surface area contributed by atoms with Crippen molar-refractivity contribution < 1.29 is 17.5 Å². The maximum Gasteiger partial charge on any atom is 0.211 e. The molecule has 0 bridgehead atoms. The number of rotatable bonds is 8. The highest BCUT2D eigenvalue weighted by Gasteiger charge is 2.35. The average molecular weight is 575 g/mol. The Morgan fingerprint density at radius 1 is 1.23 bits per heavy atom. The van der Waals surface area contributed by atoms with Crippen molar-refractivity contribution in [1.29, 1.82) is 0 Å². The van der Waals surface area contributed by atoms with Crippen LogP contribution in [0.15, 0.2) is 36.8 Å². The summed E-state index contributed by atoms with van der Waals surface area (Å²) in [6, 6.07) is 4.72. The number of sulfonamides is 1. The Bertz CT molecular complexity index is 1660. The molecule has 39 heavy (non-hydrogen) atoms. The maximum atomic E-state index is 15.5. The highest BCUT2D eigenvalue weighted by molar-refractivity contribution is 7.88. The van der Waals surface area contributed by atoms with Gasteiger partial charge in [-0.2, -0.15) is 9.40 Å². The topological polar surface area (TPSA) is 118 Å². The molecule has 0 amide bonds. The molecule has 0 spiro atoms. The number of fused-ring (bicyclic) bond motifs is 1. The van der Waals surface area contributed by atoms with Crippen LogP contribution in [0.3, 0.4) is 0 Å². The predicted octanol–water partition coefficient (Wildman–Crippen LogP) is 3.75. The molecule has 1 aromatic carbocycles. The number of methoxy groups -OCH3 is 1. The molecule has 11 nitrogen and oxygen atoms in total. The fourth-order valence-corrected chi connectivity index (χ4v) is 5.53. The van der Waals surface area contributed by atoms with Crippen LogP contribution in [0.4, 0.5) is 21.7 Å². The largest absolute Gasteiger partial charge is 0.377 e. The number of halogens is 2. The molecule has 1 aliphatic rings. The number of nitrogens with zero attached hydrogens (tertiary/aromatic N) is 7. The normalized spacial score (nSPS) is 15.1. The number of aromatic nitrogens is 5. The zero-order valence-corrected chi connectivity index (χ0v) is 23.6. The Kier molecular flexibility index (Phi) is 7.18. The van der Waals surface area contributed by atoms with Gasteiger partial charge in [0.25, 0.3) is 0 Å². The van der Waals surface area contributed by atoms with Gasteiger partial charge in [-0.15, -0.1) is 0 Å². The molecule has 4 aromatic rings. The molecule has 3 aromatic heterocycles. The number of pyridine rings is 1. The molecule has 1 aliphatic heterocycles. The Morgan fingerprint density at radius 3 is 2.62 bits per heavy atom. The molecule has 1 N–H and O–H groups in total. The van der Waals surface area contributed by atoms with Crippen LogP contribution in [0.1, 0.15) is 18.6 Å².